The summed E-state index contributed by atoms with van der Waals surface area (Å²) in [6, 6.07) is 10.3. The Hall–Kier alpha value is -4.66. The quantitative estimate of drug-likeness (QED) is 0.213. The van der Waals surface area contributed by atoms with Crippen LogP contribution in [0.2, 0.25) is 0 Å². The monoisotopic (exact) mass is 964 g/mol. The minimum Gasteiger partial charge on any atom is -0.453 e. The van der Waals surface area contributed by atoms with E-state index in [0.717, 1.165) is 78.3 Å². The molecule has 6 amide bonds. The number of carbonyl (C=O) groups excluding carboxylic acids is 6. The number of nitrogens with one attached hydrogen (secondary N) is 2. The molecule has 15 heteroatoms. The molecule has 2 heterocycles. The fraction of sp³-hybridized carbons (Fsp3) is 0.640. The maximum atomic E-state index is 13.8. The smallest absolute Gasteiger partial charge is 0.406 e. The van der Waals surface area contributed by atoms with Crippen molar-refractivity contribution in [3.05, 3.63) is 57.1 Å². The number of fused-ring (bicyclic) bond motifs is 2. The van der Waals surface area contributed by atoms with Gasteiger partial charge in [0.2, 0.25) is 11.8 Å². The molecule has 0 radical (unpaired) electrons. The van der Waals surface area contributed by atoms with Gasteiger partial charge in [0, 0.05) is 82.6 Å². The molecule has 0 atom stereocenters. The first-order valence-corrected chi connectivity index (χ1v) is 24.4. The summed E-state index contributed by atoms with van der Waals surface area (Å²) < 4.78 is 10.0. The lowest BCUT2D eigenvalue weighted by Crippen LogP contribution is -2.49. The van der Waals surface area contributed by atoms with Crippen LogP contribution in [-0.2, 0) is 31.9 Å². The lowest BCUT2D eigenvalue weighted by Gasteiger charge is -2.40. The number of ether oxygens (including phenoxy) is 2. The third kappa shape index (κ3) is 12.2. The summed E-state index contributed by atoms with van der Waals surface area (Å²) in [7, 11) is 2.62. The number of methoxy groups -OCH3 is 2. The highest BCUT2D eigenvalue weighted by atomic mass is 79.9. The van der Waals surface area contributed by atoms with E-state index in [0.29, 0.717) is 37.1 Å². The first-order valence-electron chi connectivity index (χ1n) is 23.6. The highest BCUT2D eigenvalue weighted by Crippen LogP contribution is 2.41. The average molecular weight is 966 g/mol. The molecule has 2 fully saturated rings. The number of nitrogens with zero attached hydrogens (tertiary/aromatic N) is 4. The van der Waals surface area contributed by atoms with Gasteiger partial charge in [-0.25, -0.2) is 9.59 Å². The van der Waals surface area contributed by atoms with Crippen LogP contribution in [0, 0.1) is 10.8 Å². The van der Waals surface area contributed by atoms with Gasteiger partial charge in [0.15, 0.2) is 0 Å². The van der Waals surface area contributed by atoms with E-state index in [-0.39, 0.29) is 60.9 Å². The van der Waals surface area contributed by atoms with Crippen LogP contribution in [0.25, 0.3) is 0 Å². The van der Waals surface area contributed by atoms with E-state index in [9.17, 15) is 28.8 Å². The fourth-order valence-corrected chi connectivity index (χ4v) is 10.6. The second-order valence-electron chi connectivity index (χ2n) is 19.9. The highest BCUT2D eigenvalue weighted by molar-refractivity contribution is 9.10. The van der Waals surface area contributed by atoms with Gasteiger partial charge in [0.25, 0.3) is 11.8 Å². The van der Waals surface area contributed by atoms with Crippen LogP contribution in [0.4, 0.5) is 21.0 Å². The predicted molar refractivity (Wildman–Crippen MR) is 257 cm³/mol. The van der Waals surface area contributed by atoms with Crippen molar-refractivity contribution in [3.8, 4) is 0 Å². The zero-order chi connectivity index (χ0) is 47.8. The van der Waals surface area contributed by atoms with Crippen molar-refractivity contribution in [2.45, 2.75) is 157 Å². The summed E-state index contributed by atoms with van der Waals surface area (Å²) in [6.07, 6.45) is 11.4. The Balaban J connectivity index is 0.000000244. The molecule has 0 spiro atoms. The number of alkyl carbamates (subject to hydrolysis) is 2. The summed E-state index contributed by atoms with van der Waals surface area (Å²) in [5.41, 5.74) is 3.62. The van der Waals surface area contributed by atoms with Crippen molar-refractivity contribution < 1.29 is 38.2 Å². The van der Waals surface area contributed by atoms with Crippen LogP contribution in [0.15, 0.2) is 34.8 Å². The molecule has 358 valence electrons. The Bertz CT molecular complexity index is 2060. The van der Waals surface area contributed by atoms with Crippen molar-refractivity contribution >= 4 is 63.1 Å². The number of hydrogen-bond donors (Lipinski definition) is 2. The van der Waals surface area contributed by atoms with Crippen LogP contribution in [-0.4, -0.2) is 110 Å². The van der Waals surface area contributed by atoms with E-state index in [1.165, 1.54) is 27.1 Å². The zero-order valence-corrected chi connectivity index (χ0v) is 42.0. The van der Waals surface area contributed by atoms with E-state index < -0.39 is 23.0 Å². The molecule has 2 saturated carbocycles. The molecule has 2 aliphatic carbocycles. The van der Waals surface area contributed by atoms with E-state index in [4.69, 9.17) is 0 Å². The predicted octanol–water partition coefficient (Wildman–Crippen LogP) is 9.04. The van der Waals surface area contributed by atoms with Crippen LogP contribution in [0.5, 0.6) is 0 Å². The molecule has 2 aromatic carbocycles. The van der Waals surface area contributed by atoms with Gasteiger partial charge in [0.05, 0.1) is 19.8 Å². The molecule has 4 aliphatic rings. The summed E-state index contributed by atoms with van der Waals surface area (Å²) in [5, 5.41) is 5.29. The van der Waals surface area contributed by atoms with Crippen LogP contribution >= 0.6 is 15.9 Å². The molecular weight excluding hydrogens is 892 g/mol. The van der Waals surface area contributed by atoms with Crippen molar-refractivity contribution in [1.82, 2.24) is 20.4 Å². The third-order valence-corrected chi connectivity index (χ3v) is 14.0. The molecule has 2 aromatic rings. The highest BCUT2D eigenvalue weighted by Gasteiger charge is 2.41. The first-order chi connectivity index (χ1) is 30.7. The normalized spacial score (nSPS) is 18.2. The second kappa shape index (κ2) is 22.2. The lowest BCUT2D eigenvalue weighted by molar-refractivity contribution is -0.127. The molecular formula is C50H73BrN6O8. The van der Waals surface area contributed by atoms with Crippen LogP contribution in [0.1, 0.15) is 151 Å². The minimum absolute atomic E-state index is 0.00325. The minimum atomic E-state index is -0.574. The van der Waals surface area contributed by atoms with Gasteiger partial charge < -0.3 is 39.7 Å². The van der Waals surface area contributed by atoms with Crippen molar-refractivity contribution in [2.24, 2.45) is 10.8 Å². The fourth-order valence-electron chi connectivity index (χ4n) is 10.1. The molecule has 0 bridgehead atoms. The number of rotatable bonds is 12. The number of hydrogen-bond acceptors (Lipinski definition) is 8. The molecule has 0 saturated heterocycles. The van der Waals surface area contributed by atoms with Crippen LogP contribution in [0.3, 0.4) is 0 Å². The standard InChI is InChI=1S/C25H36BrN3O4.C25H37N3O4/c1-16(2)29(18-9-7-6-8-10-18)22(30)19-14-21-17(13-20(19)26)15-25(3,4)23(31)28(21)12-11-27-24(32)33-5;1-17(2)28(20-9-7-6-8-10-20)22(29)18-11-12-19-16-25(3,4)23(30)27(21(19)15-18)14-13-26-24(31)32-5/h13-14,16,18H,6-12,15H2,1-5H3,(H,27,32);11-12,15,17,20H,6-10,13-14,16H2,1-5H3,(H,26,31). The first kappa shape index (κ1) is 51.3. The number of benzene rings is 2. The number of anilines is 2. The SMILES string of the molecule is COC(=O)NCCN1C(=O)C(C)(C)Cc2cc(Br)c(C(=O)N(C(C)C)C3CCCCC3)cc21.COC(=O)NCCN1C(=O)C(C)(C)Cc2ccc(C(=O)N(C(C)C)C3CCCCC3)cc21. The number of carbonyl (C=O) groups is 6. The average Bonchev–Trinajstić information content (AvgIpc) is 3.26. The van der Waals surface area contributed by atoms with E-state index >= 15 is 0 Å². The zero-order valence-electron chi connectivity index (χ0n) is 40.4. The summed E-state index contributed by atoms with van der Waals surface area (Å²) in [6.45, 7) is 17.1. The second-order valence-corrected chi connectivity index (χ2v) is 20.7. The van der Waals surface area contributed by atoms with Gasteiger partial charge in [-0.05, 0) is 118 Å². The van der Waals surface area contributed by atoms with E-state index in [1.54, 1.807) is 9.80 Å². The maximum absolute atomic E-state index is 13.8. The Kier molecular flexibility index (Phi) is 17.5. The van der Waals surface area contributed by atoms with Gasteiger partial charge in [-0.3, -0.25) is 19.2 Å². The number of amides is 6. The lowest BCUT2D eigenvalue weighted by atomic mass is 9.79. The van der Waals surface area contributed by atoms with Gasteiger partial charge >= 0.3 is 12.2 Å². The van der Waals surface area contributed by atoms with E-state index in [2.05, 4.69) is 63.7 Å². The molecule has 2 N–H and O–H groups in total. The third-order valence-electron chi connectivity index (χ3n) is 13.3. The molecule has 2 aliphatic heterocycles. The molecule has 14 nitrogen and oxygen atoms in total. The Morgan fingerprint density at radius 3 is 1.54 bits per heavy atom. The van der Waals surface area contributed by atoms with Crippen molar-refractivity contribution in [2.75, 3.05) is 50.2 Å². The maximum Gasteiger partial charge on any atom is 0.406 e. The van der Waals surface area contributed by atoms with Crippen molar-refractivity contribution in [3.63, 3.8) is 0 Å². The van der Waals surface area contributed by atoms with E-state index in [1.807, 2.05) is 67.8 Å². The van der Waals surface area contributed by atoms with Gasteiger partial charge in [-0.2, -0.15) is 0 Å². The topological polar surface area (TPSA) is 158 Å². The van der Waals surface area contributed by atoms with Crippen molar-refractivity contribution in [1.29, 1.82) is 0 Å². The van der Waals surface area contributed by atoms with Gasteiger partial charge in [-0.15, -0.1) is 0 Å². The molecule has 0 aromatic heterocycles. The Labute approximate surface area is 395 Å². The van der Waals surface area contributed by atoms with Gasteiger partial charge in [-0.1, -0.05) is 72.3 Å². The largest absolute Gasteiger partial charge is 0.453 e. The summed E-state index contributed by atoms with van der Waals surface area (Å²) in [4.78, 5) is 84.2. The Morgan fingerprint density at radius 2 is 1.09 bits per heavy atom. The van der Waals surface area contributed by atoms with Gasteiger partial charge in [0.1, 0.15) is 0 Å². The molecule has 65 heavy (non-hydrogen) atoms. The summed E-state index contributed by atoms with van der Waals surface area (Å²) >= 11 is 3.65. The Morgan fingerprint density at radius 1 is 0.662 bits per heavy atom. The van der Waals surface area contributed by atoms with Crippen LogP contribution < -0.4 is 20.4 Å². The molecule has 6 rings (SSSR count). The number of halogens is 1. The summed E-state index contributed by atoms with van der Waals surface area (Å²) in [5.74, 6) is 0.000700. The molecule has 0 unspecified atom stereocenters.